The predicted octanol–water partition coefficient (Wildman–Crippen LogP) is 2.46. The molecule has 0 saturated carbocycles. The molecule has 2 rings (SSSR count). The van der Waals surface area contributed by atoms with Gasteiger partial charge in [0.05, 0.1) is 6.54 Å². The molecule has 6 heteroatoms. The number of carbonyl (C=O) groups is 1. The van der Waals surface area contributed by atoms with Gasteiger partial charge < -0.3 is 10.6 Å². The first-order valence-electron chi connectivity index (χ1n) is 6.64. The Hall–Kier alpha value is -1.95. The van der Waals surface area contributed by atoms with Crippen LogP contribution in [0.1, 0.15) is 34.9 Å². The Kier molecular flexibility index (Phi) is 5.06. The van der Waals surface area contributed by atoms with Crippen LogP contribution >= 0.6 is 11.3 Å². The Balaban J connectivity index is 2.09. The minimum absolute atomic E-state index is 0.101. The van der Waals surface area contributed by atoms with Crippen molar-refractivity contribution in [1.29, 1.82) is 0 Å². The number of hydrogen-bond acceptors (Lipinski definition) is 5. The fourth-order valence-corrected chi connectivity index (χ4v) is 2.33. The average molecular weight is 290 g/mol. The molecular formula is C14H18N4OS. The quantitative estimate of drug-likeness (QED) is 0.857. The summed E-state index contributed by atoms with van der Waals surface area (Å²) in [5.41, 5.74) is 1.53. The molecule has 0 aliphatic rings. The van der Waals surface area contributed by atoms with Crippen molar-refractivity contribution in [1.82, 2.24) is 15.3 Å². The fraction of sp³-hybridized carbons (Fsp3) is 0.357. The molecular weight excluding hydrogens is 272 g/mol. The van der Waals surface area contributed by atoms with Gasteiger partial charge in [0.1, 0.15) is 10.8 Å². The first-order valence-corrected chi connectivity index (χ1v) is 7.52. The van der Waals surface area contributed by atoms with Crippen LogP contribution in [0.4, 0.5) is 5.82 Å². The lowest BCUT2D eigenvalue weighted by Crippen LogP contribution is -2.23. The Morgan fingerprint density at radius 2 is 2.20 bits per heavy atom. The second-order valence-electron chi connectivity index (χ2n) is 4.22. The number of rotatable bonds is 6. The summed E-state index contributed by atoms with van der Waals surface area (Å²) in [6.45, 7) is 5.26. The van der Waals surface area contributed by atoms with Crippen molar-refractivity contribution in [3.8, 4) is 0 Å². The van der Waals surface area contributed by atoms with Gasteiger partial charge in [0.2, 0.25) is 0 Å². The number of nitrogens with zero attached hydrogens (tertiary/aromatic N) is 2. The second kappa shape index (κ2) is 7.00. The summed E-state index contributed by atoms with van der Waals surface area (Å²) in [5, 5.41) is 8.81. The molecule has 106 valence electrons. The number of pyridine rings is 1. The van der Waals surface area contributed by atoms with Crippen LogP contribution in [-0.4, -0.2) is 22.4 Å². The van der Waals surface area contributed by atoms with Gasteiger partial charge in [-0.15, -0.1) is 11.3 Å². The molecule has 20 heavy (non-hydrogen) atoms. The van der Waals surface area contributed by atoms with Gasteiger partial charge >= 0.3 is 0 Å². The third kappa shape index (κ3) is 3.77. The van der Waals surface area contributed by atoms with Gasteiger partial charge in [0.15, 0.2) is 0 Å². The second-order valence-corrected chi connectivity index (χ2v) is 5.20. The maximum absolute atomic E-state index is 12.2. The average Bonchev–Trinajstić information content (AvgIpc) is 2.98. The Morgan fingerprint density at radius 3 is 2.85 bits per heavy atom. The van der Waals surface area contributed by atoms with E-state index < -0.39 is 0 Å². The zero-order valence-electron chi connectivity index (χ0n) is 11.6. The van der Waals surface area contributed by atoms with Crippen LogP contribution in [0.3, 0.4) is 0 Å². The van der Waals surface area contributed by atoms with Crippen LogP contribution in [0, 0.1) is 0 Å². The van der Waals surface area contributed by atoms with Crippen molar-refractivity contribution in [2.75, 3.05) is 11.9 Å². The highest BCUT2D eigenvalue weighted by Gasteiger charge is 2.09. The Morgan fingerprint density at radius 1 is 1.35 bits per heavy atom. The SMILES string of the molecule is CCNc1cc(C(=O)NCc2nccs2)cc(CC)n1. The molecule has 2 aromatic heterocycles. The molecule has 1 amide bonds. The summed E-state index contributed by atoms with van der Waals surface area (Å²) < 4.78 is 0. The van der Waals surface area contributed by atoms with Crippen LogP contribution in [0.5, 0.6) is 0 Å². The van der Waals surface area contributed by atoms with E-state index in [1.165, 1.54) is 11.3 Å². The van der Waals surface area contributed by atoms with E-state index in [0.717, 1.165) is 29.5 Å². The van der Waals surface area contributed by atoms with Crippen molar-refractivity contribution >= 4 is 23.1 Å². The highest BCUT2D eigenvalue weighted by Crippen LogP contribution is 2.12. The summed E-state index contributed by atoms with van der Waals surface area (Å²) in [6, 6.07) is 3.61. The number of aryl methyl sites for hydroxylation is 1. The van der Waals surface area contributed by atoms with Crippen LogP contribution < -0.4 is 10.6 Å². The molecule has 0 aliphatic carbocycles. The van der Waals surface area contributed by atoms with Crippen LogP contribution in [0.25, 0.3) is 0 Å². The van der Waals surface area contributed by atoms with Crippen LogP contribution in [0.15, 0.2) is 23.7 Å². The third-order valence-corrected chi connectivity index (χ3v) is 3.52. The molecule has 0 aliphatic heterocycles. The number of hydrogen-bond donors (Lipinski definition) is 2. The van der Waals surface area contributed by atoms with Gasteiger partial charge in [-0.2, -0.15) is 0 Å². The normalized spacial score (nSPS) is 10.3. The number of anilines is 1. The monoisotopic (exact) mass is 290 g/mol. The summed E-state index contributed by atoms with van der Waals surface area (Å²) in [7, 11) is 0. The fourth-order valence-electron chi connectivity index (χ4n) is 1.77. The first-order chi connectivity index (χ1) is 9.72. The number of carbonyl (C=O) groups excluding carboxylic acids is 1. The smallest absolute Gasteiger partial charge is 0.251 e. The van der Waals surface area contributed by atoms with E-state index >= 15 is 0 Å². The van der Waals surface area contributed by atoms with Gasteiger partial charge in [-0.25, -0.2) is 9.97 Å². The molecule has 0 atom stereocenters. The molecule has 0 fully saturated rings. The van der Waals surface area contributed by atoms with Gasteiger partial charge in [-0.05, 0) is 25.5 Å². The largest absolute Gasteiger partial charge is 0.370 e. The minimum Gasteiger partial charge on any atom is -0.370 e. The summed E-state index contributed by atoms with van der Waals surface area (Å²) in [4.78, 5) is 20.7. The lowest BCUT2D eigenvalue weighted by Gasteiger charge is -2.09. The molecule has 0 unspecified atom stereocenters. The van der Waals surface area contributed by atoms with Crippen molar-refractivity contribution < 1.29 is 4.79 Å². The van der Waals surface area contributed by atoms with E-state index in [4.69, 9.17) is 0 Å². The van der Waals surface area contributed by atoms with Crippen molar-refractivity contribution in [2.24, 2.45) is 0 Å². The lowest BCUT2D eigenvalue weighted by atomic mass is 10.2. The van der Waals surface area contributed by atoms with Crippen molar-refractivity contribution in [2.45, 2.75) is 26.8 Å². The minimum atomic E-state index is -0.101. The van der Waals surface area contributed by atoms with E-state index in [-0.39, 0.29) is 5.91 Å². The number of thiazole rings is 1. The predicted molar refractivity (Wildman–Crippen MR) is 81.1 cm³/mol. The standard InChI is InChI=1S/C14H18N4OS/c1-3-11-7-10(8-12(18-11)15-4-2)14(19)17-9-13-16-5-6-20-13/h5-8H,3-4,9H2,1-2H3,(H,15,18)(H,17,19). The van der Waals surface area contributed by atoms with Crippen molar-refractivity contribution in [3.05, 3.63) is 40.0 Å². The molecule has 0 bridgehead atoms. The molecule has 0 aromatic carbocycles. The van der Waals surface area contributed by atoms with E-state index in [9.17, 15) is 4.79 Å². The Labute approximate surface area is 122 Å². The molecule has 5 nitrogen and oxygen atoms in total. The molecule has 2 N–H and O–H groups in total. The maximum atomic E-state index is 12.2. The highest BCUT2D eigenvalue weighted by molar-refractivity contribution is 7.09. The molecule has 0 spiro atoms. The molecule has 2 aromatic rings. The zero-order chi connectivity index (χ0) is 14.4. The zero-order valence-corrected chi connectivity index (χ0v) is 12.5. The maximum Gasteiger partial charge on any atom is 0.251 e. The van der Waals surface area contributed by atoms with Gasteiger partial charge in [0, 0.05) is 29.4 Å². The van der Waals surface area contributed by atoms with Crippen LogP contribution in [0.2, 0.25) is 0 Å². The summed E-state index contributed by atoms with van der Waals surface area (Å²) in [5.74, 6) is 0.641. The number of nitrogens with one attached hydrogen (secondary N) is 2. The lowest BCUT2D eigenvalue weighted by molar-refractivity contribution is 0.0950. The topological polar surface area (TPSA) is 66.9 Å². The molecule has 0 radical (unpaired) electrons. The summed E-state index contributed by atoms with van der Waals surface area (Å²) >= 11 is 1.53. The molecule has 0 saturated heterocycles. The van der Waals surface area contributed by atoms with E-state index in [0.29, 0.717) is 12.1 Å². The van der Waals surface area contributed by atoms with E-state index in [1.54, 1.807) is 12.3 Å². The van der Waals surface area contributed by atoms with Crippen molar-refractivity contribution in [3.63, 3.8) is 0 Å². The van der Waals surface area contributed by atoms with Gasteiger partial charge in [-0.3, -0.25) is 4.79 Å². The summed E-state index contributed by atoms with van der Waals surface area (Å²) in [6.07, 6.45) is 2.53. The van der Waals surface area contributed by atoms with E-state index in [1.807, 2.05) is 25.3 Å². The van der Waals surface area contributed by atoms with Gasteiger partial charge in [-0.1, -0.05) is 6.92 Å². The van der Waals surface area contributed by atoms with Crippen LogP contribution in [-0.2, 0) is 13.0 Å². The Bertz CT molecular complexity index is 569. The number of amides is 1. The third-order valence-electron chi connectivity index (χ3n) is 2.74. The van der Waals surface area contributed by atoms with E-state index in [2.05, 4.69) is 20.6 Å². The first kappa shape index (κ1) is 14.5. The number of aromatic nitrogens is 2. The highest BCUT2D eigenvalue weighted by atomic mass is 32.1. The molecule has 2 heterocycles. The van der Waals surface area contributed by atoms with Gasteiger partial charge in [0.25, 0.3) is 5.91 Å².